The Bertz CT molecular complexity index is 1590. The molecule has 3 aromatic rings. The number of fused-ring (bicyclic) bond motifs is 1. The second-order valence-corrected chi connectivity index (χ2v) is 13.0. The van der Waals surface area contributed by atoms with Gasteiger partial charge in [0.1, 0.15) is 11.1 Å². The molecule has 0 radical (unpaired) electrons. The number of Topliss-reactive ketones (excluding diaryl/α,β-unsaturated/α-hetero) is 1. The second kappa shape index (κ2) is 12.1. The van der Waals surface area contributed by atoms with E-state index in [2.05, 4.69) is 15.6 Å². The maximum Gasteiger partial charge on any atom is 0.416 e. The molecule has 5 rings (SSSR count). The number of rotatable bonds is 10. The minimum atomic E-state index is -4.83. The molecule has 2 aliphatic rings. The zero-order valence-corrected chi connectivity index (χ0v) is 23.8. The molecule has 2 aromatic carbocycles. The number of benzene rings is 2. The Morgan fingerprint density at radius 2 is 1.70 bits per heavy atom. The number of carbonyl (C=O) groups is 3. The van der Waals surface area contributed by atoms with Crippen LogP contribution in [0.2, 0.25) is 0 Å². The number of alkyl halides is 3. The quantitative estimate of drug-likeness (QED) is 0.327. The number of ketones is 1. The molecule has 1 atom stereocenters. The predicted octanol–water partition coefficient (Wildman–Crippen LogP) is 3.59. The maximum absolute atomic E-state index is 13.7. The van der Waals surface area contributed by atoms with Crippen LogP contribution in [0.1, 0.15) is 53.9 Å². The highest BCUT2D eigenvalue weighted by molar-refractivity contribution is 7.92. The summed E-state index contributed by atoms with van der Waals surface area (Å²) in [6, 6.07) is 10.9. The lowest BCUT2D eigenvalue weighted by atomic mass is 9.73. The number of halogens is 3. The van der Waals surface area contributed by atoms with Crippen molar-refractivity contribution in [3.63, 3.8) is 0 Å². The molecule has 1 aliphatic carbocycles. The molecule has 1 unspecified atom stereocenters. The second-order valence-electron chi connectivity index (χ2n) is 10.8. The number of hydrogen-bond donors (Lipinski definition) is 2. The van der Waals surface area contributed by atoms with Gasteiger partial charge in [0.2, 0.25) is 17.6 Å². The van der Waals surface area contributed by atoms with Gasteiger partial charge in [-0.25, -0.2) is 13.4 Å². The Morgan fingerprint density at radius 3 is 2.35 bits per heavy atom. The van der Waals surface area contributed by atoms with E-state index in [9.17, 15) is 36.0 Å². The normalized spacial score (nSPS) is 18.0. The topological polar surface area (TPSA) is 145 Å². The van der Waals surface area contributed by atoms with Crippen molar-refractivity contribution >= 4 is 38.5 Å². The highest BCUT2D eigenvalue weighted by Gasteiger charge is 2.50. The zero-order valence-electron chi connectivity index (χ0n) is 23.0. The van der Waals surface area contributed by atoms with Crippen molar-refractivity contribution in [2.75, 3.05) is 19.8 Å². The highest BCUT2D eigenvalue weighted by atomic mass is 32.2. The van der Waals surface area contributed by atoms with Crippen LogP contribution in [0.25, 0.3) is 11.1 Å². The number of aromatic nitrogens is 1. The lowest BCUT2D eigenvalue weighted by molar-refractivity contribution is -0.138. The minimum absolute atomic E-state index is 0.175. The van der Waals surface area contributed by atoms with Gasteiger partial charge in [0.25, 0.3) is 5.89 Å². The average Bonchev–Trinajstić information content (AvgIpc) is 3.39. The first kappa shape index (κ1) is 30.7. The molecule has 0 bridgehead atoms. The lowest BCUT2D eigenvalue weighted by Crippen LogP contribution is -2.62. The molecule has 1 saturated heterocycles. The summed E-state index contributed by atoms with van der Waals surface area (Å²) in [6.07, 6.45) is -3.14. The molecule has 2 amide bonds. The third-order valence-corrected chi connectivity index (χ3v) is 9.91. The molecule has 43 heavy (non-hydrogen) atoms. The van der Waals surface area contributed by atoms with E-state index in [1.807, 2.05) is 0 Å². The van der Waals surface area contributed by atoms with E-state index in [-0.39, 0.29) is 18.7 Å². The molecule has 2 heterocycles. The van der Waals surface area contributed by atoms with E-state index < -0.39 is 73.7 Å². The van der Waals surface area contributed by atoms with E-state index >= 15 is 0 Å². The standard InChI is InChI=1S/C29H30F3N3O7S/c30-29(31,32)20-7-2-1-6-19(20)17-43(39,40)23(16-33-25(37)18-10-14-41-15-11-18)26(38)35-28(12-5-13-28)24(36)27-34-21-8-3-4-9-22(21)42-27/h1-4,6-9,18,23H,5,10-17H2,(H,33,37)(H,35,38). The van der Waals surface area contributed by atoms with Crippen molar-refractivity contribution in [3.8, 4) is 0 Å². The summed E-state index contributed by atoms with van der Waals surface area (Å²) < 4.78 is 79.1. The molecule has 1 aromatic heterocycles. The first-order valence-electron chi connectivity index (χ1n) is 13.8. The molecule has 1 aliphatic heterocycles. The average molecular weight is 622 g/mol. The molecule has 230 valence electrons. The van der Waals surface area contributed by atoms with Crippen LogP contribution in [-0.2, 0) is 36.1 Å². The van der Waals surface area contributed by atoms with E-state index in [1.165, 1.54) is 6.07 Å². The molecule has 14 heteroatoms. The van der Waals surface area contributed by atoms with Crippen LogP contribution >= 0.6 is 0 Å². The van der Waals surface area contributed by atoms with Gasteiger partial charge in [0.15, 0.2) is 20.7 Å². The first-order valence-corrected chi connectivity index (χ1v) is 15.6. The minimum Gasteiger partial charge on any atom is -0.434 e. The fourth-order valence-electron chi connectivity index (χ4n) is 5.35. The van der Waals surface area contributed by atoms with Gasteiger partial charge in [-0.05, 0) is 55.9 Å². The number of nitrogens with zero attached hydrogens (tertiary/aromatic N) is 1. The third-order valence-electron chi connectivity index (χ3n) is 7.95. The van der Waals surface area contributed by atoms with E-state index in [4.69, 9.17) is 9.15 Å². The van der Waals surface area contributed by atoms with Gasteiger partial charge in [-0.2, -0.15) is 13.2 Å². The van der Waals surface area contributed by atoms with Crippen molar-refractivity contribution in [2.24, 2.45) is 5.92 Å². The number of para-hydroxylation sites is 2. The van der Waals surface area contributed by atoms with Crippen LogP contribution in [-0.4, -0.2) is 61.5 Å². The lowest BCUT2D eigenvalue weighted by Gasteiger charge is -2.40. The zero-order chi connectivity index (χ0) is 30.8. The molecule has 2 fully saturated rings. The van der Waals surface area contributed by atoms with Gasteiger partial charge >= 0.3 is 6.18 Å². The smallest absolute Gasteiger partial charge is 0.416 e. The van der Waals surface area contributed by atoms with E-state index in [0.29, 0.717) is 43.6 Å². The fourth-order valence-corrected chi connectivity index (χ4v) is 6.96. The number of sulfone groups is 1. The Labute approximate surface area is 245 Å². The summed E-state index contributed by atoms with van der Waals surface area (Å²) in [5.74, 6) is -4.08. The van der Waals surface area contributed by atoms with Crippen LogP contribution in [0.15, 0.2) is 52.9 Å². The van der Waals surface area contributed by atoms with Gasteiger partial charge in [-0.3, -0.25) is 14.4 Å². The van der Waals surface area contributed by atoms with Crippen LogP contribution in [0.4, 0.5) is 13.2 Å². The molecule has 0 spiro atoms. The van der Waals surface area contributed by atoms with Crippen molar-refractivity contribution < 1.29 is 45.1 Å². The Kier molecular flexibility index (Phi) is 8.61. The molecule has 10 nitrogen and oxygen atoms in total. The summed E-state index contributed by atoms with van der Waals surface area (Å²) in [6.45, 7) is -0.00430. The number of nitrogens with one attached hydrogen (secondary N) is 2. The van der Waals surface area contributed by atoms with Crippen molar-refractivity contribution in [1.82, 2.24) is 15.6 Å². The van der Waals surface area contributed by atoms with Gasteiger partial charge in [-0.1, -0.05) is 30.3 Å². The summed E-state index contributed by atoms with van der Waals surface area (Å²) in [5.41, 5.74) is -2.42. The van der Waals surface area contributed by atoms with Crippen LogP contribution in [0.3, 0.4) is 0 Å². The third kappa shape index (κ3) is 6.59. The number of ether oxygens (including phenoxy) is 1. The van der Waals surface area contributed by atoms with Gasteiger partial charge < -0.3 is 19.8 Å². The molecular formula is C29H30F3N3O7S. The van der Waals surface area contributed by atoms with Crippen molar-refractivity contribution in [1.29, 1.82) is 0 Å². The van der Waals surface area contributed by atoms with Gasteiger partial charge in [0.05, 0.1) is 11.3 Å². The number of carbonyl (C=O) groups excluding carboxylic acids is 3. The van der Waals surface area contributed by atoms with E-state index in [1.54, 1.807) is 24.3 Å². The van der Waals surface area contributed by atoms with Crippen molar-refractivity contribution in [2.45, 2.75) is 54.8 Å². The van der Waals surface area contributed by atoms with Crippen molar-refractivity contribution in [3.05, 3.63) is 65.5 Å². The fraction of sp³-hybridized carbons (Fsp3) is 0.448. The predicted molar refractivity (Wildman–Crippen MR) is 147 cm³/mol. The van der Waals surface area contributed by atoms with Gasteiger partial charge in [-0.15, -0.1) is 0 Å². The summed E-state index contributed by atoms with van der Waals surface area (Å²) >= 11 is 0. The summed E-state index contributed by atoms with van der Waals surface area (Å²) in [5, 5.41) is 3.07. The molecular weight excluding hydrogens is 591 g/mol. The Morgan fingerprint density at radius 1 is 1.02 bits per heavy atom. The monoisotopic (exact) mass is 621 g/mol. The SMILES string of the molecule is O=C(NCC(C(=O)NC1(C(=O)c2nc3ccccc3o2)CCC1)S(=O)(=O)Cc1ccccc1C(F)(F)F)C1CCOCC1. The Hall–Kier alpha value is -3.78. The first-order chi connectivity index (χ1) is 20.4. The van der Waals surface area contributed by atoms with E-state index in [0.717, 1.165) is 18.2 Å². The van der Waals surface area contributed by atoms with Crippen LogP contribution < -0.4 is 10.6 Å². The van der Waals surface area contributed by atoms with Crippen LogP contribution in [0.5, 0.6) is 0 Å². The van der Waals surface area contributed by atoms with Crippen LogP contribution in [0, 0.1) is 5.92 Å². The number of hydrogen-bond acceptors (Lipinski definition) is 8. The maximum atomic E-state index is 13.7. The number of amides is 2. The Balaban J connectivity index is 1.41. The number of oxazole rings is 1. The van der Waals surface area contributed by atoms with Gasteiger partial charge in [0, 0.05) is 25.7 Å². The molecule has 2 N–H and O–H groups in total. The summed E-state index contributed by atoms with van der Waals surface area (Å²) in [4.78, 5) is 44.2. The summed E-state index contributed by atoms with van der Waals surface area (Å²) in [7, 11) is -4.65. The molecule has 1 saturated carbocycles. The largest absolute Gasteiger partial charge is 0.434 e. The highest BCUT2D eigenvalue weighted by Crippen LogP contribution is 2.36.